The van der Waals surface area contributed by atoms with Crippen LogP contribution in [-0.2, 0) is 6.42 Å². The van der Waals surface area contributed by atoms with Gasteiger partial charge in [-0.1, -0.05) is 41.7 Å². The molecule has 1 aromatic rings. The third-order valence-electron chi connectivity index (χ3n) is 1.96. The molecule has 0 saturated heterocycles. The molecule has 0 spiro atoms. The summed E-state index contributed by atoms with van der Waals surface area (Å²) < 4.78 is 0. The molecule has 1 N–H and O–H groups in total. The minimum absolute atomic E-state index is 0.0380. The largest absolute Gasteiger partial charge is 0.506 e. The molecule has 1 rings (SSSR count). The van der Waals surface area contributed by atoms with Crippen LogP contribution in [0.1, 0.15) is 18.1 Å². The topological polar surface area (TPSA) is 20.2 Å². The molecule has 72 valence electrons. The first kappa shape index (κ1) is 11.0. The van der Waals surface area contributed by atoms with Crippen molar-refractivity contribution in [1.29, 1.82) is 0 Å². The summed E-state index contributed by atoms with van der Waals surface area (Å²) in [6.07, 6.45) is 0.602. The summed E-state index contributed by atoms with van der Waals surface area (Å²) in [5, 5.41) is 10.7. The van der Waals surface area contributed by atoms with Crippen molar-refractivity contribution in [3.05, 3.63) is 26.2 Å². The lowest BCUT2D eigenvalue weighted by Gasteiger charge is -2.11. The molecule has 4 heteroatoms. The number of aromatic hydroxyl groups is 1. The molecule has 0 aliphatic carbocycles. The zero-order valence-corrected chi connectivity index (χ0v) is 9.56. The van der Waals surface area contributed by atoms with E-state index in [1.54, 1.807) is 6.92 Å². The third-order valence-corrected chi connectivity index (χ3v) is 3.41. The van der Waals surface area contributed by atoms with Gasteiger partial charge in [-0.2, -0.15) is 0 Å². The molecule has 0 bridgehead atoms. The monoisotopic (exact) mass is 238 g/mol. The van der Waals surface area contributed by atoms with E-state index < -0.39 is 0 Å². The highest BCUT2D eigenvalue weighted by Crippen LogP contribution is 2.41. The van der Waals surface area contributed by atoms with Crippen LogP contribution in [-0.4, -0.2) is 5.11 Å². The maximum Gasteiger partial charge on any atom is 0.139 e. The minimum Gasteiger partial charge on any atom is -0.506 e. The average molecular weight is 240 g/mol. The lowest BCUT2D eigenvalue weighted by atomic mass is 10.1. The molecule has 1 nitrogen and oxygen atoms in total. The van der Waals surface area contributed by atoms with Crippen molar-refractivity contribution in [1.82, 2.24) is 0 Å². The fourth-order valence-corrected chi connectivity index (χ4v) is 1.96. The van der Waals surface area contributed by atoms with E-state index in [0.717, 1.165) is 0 Å². The molecule has 13 heavy (non-hydrogen) atoms. The standard InChI is InChI=1S/C9H9Cl3O/c1-3-5-8(12)6(10)4(2)7(11)9(5)13/h13H,3H2,1-2H3. The van der Waals surface area contributed by atoms with Crippen molar-refractivity contribution in [2.45, 2.75) is 20.3 Å². The molecule has 0 amide bonds. The van der Waals surface area contributed by atoms with Crippen LogP contribution in [0.25, 0.3) is 0 Å². The molecule has 0 atom stereocenters. The van der Waals surface area contributed by atoms with Crippen molar-refractivity contribution in [2.24, 2.45) is 0 Å². The van der Waals surface area contributed by atoms with Crippen molar-refractivity contribution in [3.63, 3.8) is 0 Å². The van der Waals surface area contributed by atoms with Gasteiger partial charge in [0.05, 0.1) is 15.1 Å². The van der Waals surface area contributed by atoms with Crippen molar-refractivity contribution < 1.29 is 5.11 Å². The van der Waals surface area contributed by atoms with E-state index in [0.29, 0.717) is 27.6 Å². The van der Waals surface area contributed by atoms with Gasteiger partial charge >= 0.3 is 0 Å². The maximum atomic E-state index is 9.61. The summed E-state index contributed by atoms with van der Waals surface area (Å²) in [4.78, 5) is 0. The third kappa shape index (κ3) is 1.74. The summed E-state index contributed by atoms with van der Waals surface area (Å²) >= 11 is 17.7. The Labute approximate surface area is 92.2 Å². The molecule has 1 aromatic carbocycles. The smallest absolute Gasteiger partial charge is 0.139 e. The van der Waals surface area contributed by atoms with E-state index in [-0.39, 0.29) is 10.8 Å². The van der Waals surface area contributed by atoms with E-state index in [9.17, 15) is 5.11 Å². The van der Waals surface area contributed by atoms with Crippen LogP contribution < -0.4 is 0 Å². The van der Waals surface area contributed by atoms with Gasteiger partial charge in [-0.25, -0.2) is 0 Å². The highest BCUT2D eigenvalue weighted by molar-refractivity contribution is 6.45. The van der Waals surface area contributed by atoms with E-state index in [1.807, 2.05) is 6.92 Å². The molecule has 0 fully saturated rings. The SMILES string of the molecule is CCc1c(O)c(Cl)c(C)c(Cl)c1Cl. The van der Waals surface area contributed by atoms with Crippen molar-refractivity contribution in [3.8, 4) is 5.75 Å². The van der Waals surface area contributed by atoms with Gasteiger partial charge in [0, 0.05) is 5.56 Å². The Morgan fingerprint density at radius 3 is 2.08 bits per heavy atom. The van der Waals surface area contributed by atoms with Crippen LogP contribution in [0.5, 0.6) is 5.75 Å². The Hall–Kier alpha value is -0.110. The second-order valence-corrected chi connectivity index (χ2v) is 3.88. The number of benzene rings is 1. The van der Waals surface area contributed by atoms with Crippen LogP contribution in [0.15, 0.2) is 0 Å². The normalized spacial score (nSPS) is 10.5. The van der Waals surface area contributed by atoms with Crippen LogP contribution in [0, 0.1) is 6.92 Å². The Morgan fingerprint density at radius 1 is 1.08 bits per heavy atom. The quantitative estimate of drug-likeness (QED) is 0.728. The Bertz CT molecular complexity index is 318. The van der Waals surface area contributed by atoms with E-state index in [1.165, 1.54) is 0 Å². The molecule has 0 aromatic heterocycles. The van der Waals surface area contributed by atoms with Gasteiger partial charge in [-0.05, 0) is 18.9 Å². The number of hydrogen-bond acceptors (Lipinski definition) is 1. The highest BCUT2D eigenvalue weighted by Gasteiger charge is 2.16. The average Bonchev–Trinajstić information content (AvgIpc) is 2.13. The predicted molar refractivity (Wildman–Crippen MR) is 57.3 cm³/mol. The fraction of sp³-hybridized carbons (Fsp3) is 0.333. The number of rotatable bonds is 1. The van der Waals surface area contributed by atoms with Gasteiger partial charge in [0.2, 0.25) is 0 Å². The fourth-order valence-electron chi connectivity index (χ4n) is 1.13. The summed E-state index contributed by atoms with van der Waals surface area (Å²) in [6.45, 7) is 3.60. The zero-order chi connectivity index (χ0) is 10.2. The van der Waals surface area contributed by atoms with Gasteiger partial charge in [0.25, 0.3) is 0 Å². The molecular weight excluding hydrogens is 230 g/mol. The van der Waals surface area contributed by atoms with E-state index in [2.05, 4.69) is 0 Å². The number of phenols is 1. The zero-order valence-electron chi connectivity index (χ0n) is 7.29. The van der Waals surface area contributed by atoms with Crippen LogP contribution in [0.2, 0.25) is 15.1 Å². The van der Waals surface area contributed by atoms with Gasteiger partial charge in [-0.3, -0.25) is 0 Å². The molecule has 0 unspecified atom stereocenters. The minimum atomic E-state index is 0.0380. The summed E-state index contributed by atoms with van der Waals surface area (Å²) in [7, 11) is 0. The first-order valence-electron chi connectivity index (χ1n) is 3.85. The van der Waals surface area contributed by atoms with Crippen molar-refractivity contribution in [2.75, 3.05) is 0 Å². The maximum absolute atomic E-state index is 9.61. The first-order valence-corrected chi connectivity index (χ1v) is 4.99. The lowest BCUT2D eigenvalue weighted by molar-refractivity contribution is 0.469. The van der Waals surface area contributed by atoms with Gasteiger partial charge in [0.15, 0.2) is 0 Å². The van der Waals surface area contributed by atoms with E-state index in [4.69, 9.17) is 34.8 Å². The number of halogens is 3. The Kier molecular flexibility index (Phi) is 3.33. The van der Waals surface area contributed by atoms with Gasteiger partial charge < -0.3 is 5.11 Å². The van der Waals surface area contributed by atoms with Crippen LogP contribution in [0.4, 0.5) is 0 Å². The Morgan fingerprint density at radius 2 is 1.62 bits per heavy atom. The van der Waals surface area contributed by atoms with Gasteiger partial charge in [-0.15, -0.1) is 0 Å². The van der Waals surface area contributed by atoms with E-state index >= 15 is 0 Å². The lowest BCUT2D eigenvalue weighted by Crippen LogP contribution is -1.90. The summed E-state index contributed by atoms with van der Waals surface area (Å²) in [5.41, 5.74) is 1.21. The van der Waals surface area contributed by atoms with Gasteiger partial charge in [0.1, 0.15) is 5.75 Å². The molecule has 0 saturated carbocycles. The number of phenolic OH excluding ortho intramolecular Hbond substituents is 1. The highest BCUT2D eigenvalue weighted by atomic mass is 35.5. The molecule has 0 aliphatic rings. The molecular formula is C9H9Cl3O. The number of hydrogen-bond donors (Lipinski definition) is 1. The van der Waals surface area contributed by atoms with Crippen LogP contribution in [0.3, 0.4) is 0 Å². The predicted octanol–water partition coefficient (Wildman–Crippen LogP) is 4.22. The Balaban J connectivity index is 3.56. The summed E-state index contributed by atoms with van der Waals surface area (Å²) in [6, 6.07) is 0. The molecule has 0 aliphatic heterocycles. The summed E-state index contributed by atoms with van der Waals surface area (Å²) in [5.74, 6) is 0.0380. The molecule has 0 heterocycles. The first-order chi connectivity index (χ1) is 6.00. The second-order valence-electron chi connectivity index (χ2n) is 2.75. The molecule has 0 radical (unpaired) electrons. The second kappa shape index (κ2) is 3.95. The van der Waals surface area contributed by atoms with Crippen LogP contribution >= 0.6 is 34.8 Å². The van der Waals surface area contributed by atoms with Crippen molar-refractivity contribution >= 4 is 34.8 Å².